The molecule has 32 heavy (non-hydrogen) atoms. The highest BCUT2D eigenvalue weighted by Gasteiger charge is 2.35. The van der Waals surface area contributed by atoms with Crippen LogP contribution in [0.25, 0.3) is 0 Å². The minimum absolute atomic E-state index is 0.0871. The Labute approximate surface area is 182 Å². The van der Waals surface area contributed by atoms with Gasteiger partial charge in [-0.1, -0.05) is 31.4 Å². The van der Waals surface area contributed by atoms with Crippen LogP contribution in [0.3, 0.4) is 0 Å². The van der Waals surface area contributed by atoms with E-state index in [2.05, 4.69) is 10.1 Å². The first kappa shape index (κ1) is 21.5. The molecule has 1 amide bonds. The van der Waals surface area contributed by atoms with Gasteiger partial charge in [0.15, 0.2) is 0 Å². The molecule has 1 aromatic carbocycles. The lowest BCUT2D eigenvalue weighted by atomic mass is 9.95. The van der Waals surface area contributed by atoms with Crippen LogP contribution >= 0.6 is 0 Å². The summed E-state index contributed by atoms with van der Waals surface area (Å²) in [5.41, 5.74) is -0.891. The molecular weight excluding hydrogens is 418 g/mol. The van der Waals surface area contributed by atoms with Gasteiger partial charge in [-0.15, -0.1) is 0 Å². The highest BCUT2D eigenvalue weighted by Crippen LogP contribution is 2.35. The van der Waals surface area contributed by atoms with Crippen molar-refractivity contribution in [1.82, 2.24) is 14.6 Å². The van der Waals surface area contributed by atoms with Crippen LogP contribution < -0.4 is 11.2 Å². The lowest BCUT2D eigenvalue weighted by molar-refractivity contribution is -0.384. The van der Waals surface area contributed by atoms with Gasteiger partial charge in [0.1, 0.15) is 5.56 Å². The Balaban J connectivity index is 1.74. The summed E-state index contributed by atoms with van der Waals surface area (Å²) in [6.07, 6.45) is 4.45. The maximum atomic E-state index is 12.6. The quantitative estimate of drug-likeness (QED) is 0.549. The van der Waals surface area contributed by atoms with E-state index in [0.717, 1.165) is 32.1 Å². The van der Waals surface area contributed by atoms with Gasteiger partial charge < -0.3 is 5.11 Å². The summed E-state index contributed by atoms with van der Waals surface area (Å²) < 4.78 is 1.22. The molecule has 2 aromatic rings. The number of aromatic hydroxyl groups is 1. The van der Waals surface area contributed by atoms with Crippen LogP contribution in [0.1, 0.15) is 68.7 Å². The van der Waals surface area contributed by atoms with Gasteiger partial charge in [0.25, 0.3) is 11.2 Å². The maximum absolute atomic E-state index is 12.6. The van der Waals surface area contributed by atoms with E-state index < -0.39 is 28.1 Å². The Bertz CT molecular complexity index is 1210. The first-order valence-electron chi connectivity index (χ1n) is 10.5. The molecular formula is C21H23N5O6. The Morgan fingerprint density at radius 2 is 1.84 bits per heavy atom. The van der Waals surface area contributed by atoms with Gasteiger partial charge in [-0.25, -0.2) is 9.80 Å². The molecule has 168 valence electrons. The van der Waals surface area contributed by atoms with E-state index in [1.165, 1.54) is 40.8 Å². The number of aromatic amines is 1. The Kier molecular flexibility index (Phi) is 5.64. The first-order valence-corrected chi connectivity index (χ1v) is 10.5. The lowest BCUT2D eigenvalue weighted by Crippen LogP contribution is -2.36. The number of aromatic nitrogens is 2. The van der Waals surface area contributed by atoms with Crippen molar-refractivity contribution in [2.24, 2.45) is 5.10 Å². The lowest BCUT2D eigenvalue weighted by Gasteiger charge is -2.25. The molecule has 4 rings (SSSR count). The number of H-pyrrole nitrogens is 1. The molecule has 0 radical (unpaired) electrons. The molecule has 0 spiro atoms. The molecule has 1 aliphatic carbocycles. The predicted octanol–water partition coefficient (Wildman–Crippen LogP) is 2.35. The van der Waals surface area contributed by atoms with Crippen LogP contribution in [-0.4, -0.2) is 36.2 Å². The smallest absolute Gasteiger partial charge is 0.331 e. The topological polar surface area (TPSA) is 151 Å². The van der Waals surface area contributed by atoms with Gasteiger partial charge in [0.2, 0.25) is 11.8 Å². The largest absolute Gasteiger partial charge is 0.494 e. The summed E-state index contributed by atoms with van der Waals surface area (Å²) in [6.45, 7) is 1.32. The second-order valence-electron chi connectivity index (χ2n) is 8.10. The number of rotatable bonds is 4. The van der Waals surface area contributed by atoms with Crippen molar-refractivity contribution < 1.29 is 14.8 Å². The Hall–Kier alpha value is -3.76. The van der Waals surface area contributed by atoms with Gasteiger partial charge in [0.05, 0.1) is 16.7 Å². The molecule has 1 aromatic heterocycles. The van der Waals surface area contributed by atoms with Gasteiger partial charge in [-0.05, 0) is 18.4 Å². The molecule has 2 heterocycles. The average molecular weight is 441 g/mol. The van der Waals surface area contributed by atoms with Crippen LogP contribution in [0.5, 0.6) is 5.88 Å². The van der Waals surface area contributed by atoms with Crippen molar-refractivity contribution in [2.75, 3.05) is 0 Å². The molecule has 0 saturated heterocycles. The van der Waals surface area contributed by atoms with Crippen LogP contribution in [0.4, 0.5) is 5.69 Å². The van der Waals surface area contributed by atoms with Crippen molar-refractivity contribution >= 4 is 17.3 Å². The number of benzene rings is 1. The fraction of sp³-hybridized carbons (Fsp3) is 0.429. The van der Waals surface area contributed by atoms with Crippen molar-refractivity contribution in [1.29, 1.82) is 0 Å². The number of non-ortho nitro benzene ring substituents is 1. The molecule has 2 N–H and O–H groups in total. The fourth-order valence-corrected chi connectivity index (χ4v) is 4.51. The van der Waals surface area contributed by atoms with Crippen LogP contribution in [0.15, 0.2) is 39.0 Å². The summed E-state index contributed by atoms with van der Waals surface area (Å²) in [6, 6.07) is 4.91. The molecule has 1 atom stereocenters. The number of carbonyl (C=O) groups excluding carboxylic acids is 1. The van der Waals surface area contributed by atoms with E-state index in [9.17, 15) is 29.6 Å². The fourth-order valence-electron chi connectivity index (χ4n) is 4.51. The van der Waals surface area contributed by atoms with E-state index in [4.69, 9.17) is 0 Å². The molecule has 11 heteroatoms. The summed E-state index contributed by atoms with van der Waals surface area (Å²) in [5, 5.41) is 27.3. The van der Waals surface area contributed by atoms with Crippen molar-refractivity contribution in [3.63, 3.8) is 0 Å². The zero-order valence-corrected chi connectivity index (χ0v) is 17.5. The first-order chi connectivity index (χ1) is 15.3. The monoisotopic (exact) mass is 441 g/mol. The number of nitro groups is 1. The standard InChI is InChI=1S/C21H23N5O6/c1-12(27)25-17(13-7-9-15(10-8-13)26(31)32)11-16(23-25)18-19(28)22-21(30)24(20(18)29)14-5-3-2-4-6-14/h7-10,14,17,29H,2-6,11H2,1H3,(H,22,28,30). The summed E-state index contributed by atoms with van der Waals surface area (Å²) in [4.78, 5) is 50.0. The zero-order chi connectivity index (χ0) is 23.0. The number of carbonyl (C=O) groups is 1. The van der Waals surface area contributed by atoms with Crippen LogP contribution in [0.2, 0.25) is 0 Å². The second kappa shape index (κ2) is 8.40. The van der Waals surface area contributed by atoms with Crippen molar-refractivity contribution in [3.8, 4) is 5.88 Å². The molecule has 1 aliphatic heterocycles. The molecule has 1 unspecified atom stereocenters. The number of hydrazone groups is 1. The number of hydrogen-bond donors (Lipinski definition) is 2. The van der Waals surface area contributed by atoms with Gasteiger partial charge in [-0.3, -0.25) is 29.3 Å². The average Bonchev–Trinajstić information content (AvgIpc) is 3.19. The highest BCUT2D eigenvalue weighted by atomic mass is 16.6. The SMILES string of the molecule is CC(=O)N1N=C(c2c(O)n(C3CCCCC3)c(=O)[nH]c2=O)CC1c1ccc([N+](=O)[O-])cc1. The van der Waals surface area contributed by atoms with Crippen LogP contribution in [0, 0.1) is 10.1 Å². The van der Waals surface area contributed by atoms with E-state index in [1.54, 1.807) is 0 Å². The second-order valence-corrected chi connectivity index (χ2v) is 8.10. The molecule has 1 fully saturated rings. The normalized spacial score (nSPS) is 19.1. The number of hydrogen-bond acceptors (Lipinski definition) is 7. The van der Waals surface area contributed by atoms with Crippen LogP contribution in [-0.2, 0) is 4.79 Å². The Morgan fingerprint density at radius 3 is 2.44 bits per heavy atom. The molecule has 1 saturated carbocycles. The Morgan fingerprint density at radius 1 is 1.19 bits per heavy atom. The maximum Gasteiger partial charge on any atom is 0.331 e. The number of nitrogens with zero attached hydrogens (tertiary/aromatic N) is 4. The summed E-state index contributed by atoms with van der Waals surface area (Å²) in [5.74, 6) is -0.836. The summed E-state index contributed by atoms with van der Waals surface area (Å²) >= 11 is 0. The zero-order valence-electron chi connectivity index (χ0n) is 17.5. The van der Waals surface area contributed by atoms with Crippen molar-refractivity contribution in [3.05, 3.63) is 66.3 Å². The minimum atomic E-state index is -0.772. The number of nitrogens with one attached hydrogen (secondary N) is 1. The third-order valence-corrected chi connectivity index (χ3v) is 6.07. The van der Waals surface area contributed by atoms with E-state index in [0.29, 0.717) is 5.56 Å². The minimum Gasteiger partial charge on any atom is -0.494 e. The molecule has 11 nitrogen and oxygen atoms in total. The number of amides is 1. The van der Waals surface area contributed by atoms with Gasteiger partial charge in [0, 0.05) is 31.5 Å². The highest BCUT2D eigenvalue weighted by molar-refractivity contribution is 6.04. The van der Waals surface area contributed by atoms with E-state index in [1.807, 2.05) is 0 Å². The van der Waals surface area contributed by atoms with E-state index in [-0.39, 0.29) is 35.3 Å². The van der Waals surface area contributed by atoms with Crippen molar-refractivity contribution in [2.45, 2.75) is 57.5 Å². The van der Waals surface area contributed by atoms with Gasteiger partial charge >= 0.3 is 5.69 Å². The predicted molar refractivity (Wildman–Crippen MR) is 115 cm³/mol. The molecule has 2 aliphatic rings. The third-order valence-electron chi connectivity index (χ3n) is 6.07. The molecule has 0 bridgehead atoms. The third kappa shape index (κ3) is 3.81. The van der Waals surface area contributed by atoms with Gasteiger partial charge in [-0.2, -0.15) is 5.10 Å². The number of nitro benzene ring substituents is 1. The van der Waals surface area contributed by atoms with E-state index >= 15 is 0 Å². The summed E-state index contributed by atoms with van der Waals surface area (Å²) in [7, 11) is 0.